The largest absolute Gasteiger partial charge is 0.300 e. The highest BCUT2D eigenvalue weighted by Crippen LogP contribution is 2.28. The Morgan fingerprint density at radius 2 is 1.88 bits per heavy atom. The molecule has 0 aliphatic heterocycles. The summed E-state index contributed by atoms with van der Waals surface area (Å²) in [6.45, 7) is 13.3. The van der Waals surface area contributed by atoms with Crippen molar-refractivity contribution in [1.29, 1.82) is 0 Å². The Bertz CT molecular complexity index is 251. The summed E-state index contributed by atoms with van der Waals surface area (Å²) in [7, 11) is -1.19. The maximum absolute atomic E-state index is 10.8. The highest BCUT2D eigenvalue weighted by atomic mass is 32.2. The molecular formula is C13H26OSSi. The van der Waals surface area contributed by atoms with Crippen molar-refractivity contribution in [3.05, 3.63) is 10.6 Å². The first-order valence-electron chi connectivity index (χ1n) is 6.08. The van der Waals surface area contributed by atoms with Crippen LogP contribution < -0.4 is 0 Å². The highest BCUT2D eigenvalue weighted by molar-refractivity contribution is 8.05. The number of Topliss-reactive ketones (excluding diaryl/α,β-unsaturated/α-hetero) is 1. The monoisotopic (exact) mass is 258 g/mol. The summed E-state index contributed by atoms with van der Waals surface area (Å²) in [5.41, 5.74) is 0. The van der Waals surface area contributed by atoms with Crippen molar-refractivity contribution in [2.24, 2.45) is 5.92 Å². The van der Waals surface area contributed by atoms with Gasteiger partial charge < -0.3 is 4.79 Å². The lowest BCUT2D eigenvalue weighted by Gasteiger charge is -2.21. The average molecular weight is 259 g/mol. The van der Waals surface area contributed by atoms with Gasteiger partial charge in [0.25, 0.3) is 0 Å². The molecule has 0 aromatic rings. The second-order valence-corrected chi connectivity index (χ2v) is 12.2. The molecule has 0 N–H and O–H groups in total. The lowest BCUT2D eigenvalue weighted by atomic mass is 10.2. The van der Waals surface area contributed by atoms with E-state index >= 15 is 0 Å². The van der Waals surface area contributed by atoms with Gasteiger partial charge in [-0.15, -0.1) is 11.8 Å². The molecule has 0 radical (unpaired) electrons. The Morgan fingerprint density at radius 1 is 1.31 bits per heavy atom. The van der Waals surface area contributed by atoms with Gasteiger partial charge in [0.15, 0.2) is 0 Å². The molecule has 16 heavy (non-hydrogen) atoms. The minimum Gasteiger partial charge on any atom is -0.300 e. The van der Waals surface area contributed by atoms with Gasteiger partial charge in [0.1, 0.15) is 5.78 Å². The van der Waals surface area contributed by atoms with Crippen molar-refractivity contribution in [2.45, 2.75) is 53.3 Å². The van der Waals surface area contributed by atoms with Gasteiger partial charge in [-0.3, -0.25) is 0 Å². The Kier molecular flexibility index (Phi) is 7.32. The van der Waals surface area contributed by atoms with Crippen LogP contribution in [0.25, 0.3) is 0 Å². The zero-order valence-corrected chi connectivity index (χ0v) is 13.4. The number of carbonyl (C=O) groups is 1. The van der Waals surface area contributed by atoms with E-state index in [0.29, 0.717) is 11.7 Å². The molecule has 0 spiro atoms. The fourth-order valence-corrected chi connectivity index (χ4v) is 5.07. The van der Waals surface area contributed by atoms with E-state index in [1.807, 2.05) is 11.8 Å². The first-order chi connectivity index (χ1) is 7.23. The topological polar surface area (TPSA) is 17.1 Å². The molecule has 0 aromatic carbocycles. The number of allylic oxidation sites excluding steroid dienone is 1. The zero-order chi connectivity index (χ0) is 12.8. The van der Waals surface area contributed by atoms with Crippen LogP contribution in [0.2, 0.25) is 19.6 Å². The van der Waals surface area contributed by atoms with Gasteiger partial charge in [-0.1, -0.05) is 39.6 Å². The van der Waals surface area contributed by atoms with Crippen molar-refractivity contribution >= 4 is 25.6 Å². The van der Waals surface area contributed by atoms with E-state index in [9.17, 15) is 4.79 Å². The van der Waals surface area contributed by atoms with Crippen molar-refractivity contribution in [1.82, 2.24) is 0 Å². The maximum atomic E-state index is 10.8. The van der Waals surface area contributed by atoms with E-state index in [0.717, 1.165) is 18.6 Å². The van der Waals surface area contributed by atoms with Crippen molar-refractivity contribution in [2.75, 3.05) is 5.75 Å². The third-order valence-corrected chi connectivity index (χ3v) is 7.01. The van der Waals surface area contributed by atoms with Crippen LogP contribution in [0.4, 0.5) is 0 Å². The minimum atomic E-state index is -1.19. The lowest BCUT2D eigenvalue weighted by Crippen LogP contribution is -2.22. The van der Waals surface area contributed by atoms with Gasteiger partial charge in [0.2, 0.25) is 0 Å². The van der Waals surface area contributed by atoms with E-state index in [4.69, 9.17) is 0 Å². The first kappa shape index (κ1) is 16.0. The summed E-state index contributed by atoms with van der Waals surface area (Å²) in [4.78, 5) is 10.8. The van der Waals surface area contributed by atoms with E-state index in [-0.39, 0.29) is 0 Å². The summed E-state index contributed by atoms with van der Waals surface area (Å²) in [6, 6.07) is 0. The third-order valence-electron chi connectivity index (χ3n) is 2.15. The van der Waals surface area contributed by atoms with Crippen LogP contribution in [0.3, 0.4) is 0 Å². The standard InChI is InChI=1S/C13H26OSSi/c1-11(2)10-13(16(4,5)6)15-9-7-8-12(3)14/h10-11H,7-9H2,1-6H3/b13-10+. The van der Waals surface area contributed by atoms with Crippen molar-refractivity contribution in [3.63, 3.8) is 0 Å². The summed E-state index contributed by atoms with van der Waals surface area (Å²) in [5, 5.41) is 0. The van der Waals surface area contributed by atoms with E-state index < -0.39 is 8.07 Å². The highest BCUT2D eigenvalue weighted by Gasteiger charge is 2.20. The Labute approximate surface area is 106 Å². The van der Waals surface area contributed by atoms with Crippen LogP contribution in [0.1, 0.15) is 33.6 Å². The molecule has 0 saturated carbocycles. The van der Waals surface area contributed by atoms with Crippen LogP contribution in [-0.4, -0.2) is 19.6 Å². The van der Waals surface area contributed by atoms with Crippen LogP contribution in [0.15, 0.2) is 10.6 Å². The average Bonchev–Trinajstić information content (AvgIpc) is 2.07. The second kappa shape index (κ2) is 7.33. The smallest absolute Gasteiger partial charge is 0.129 e. The molecule has 0 aliphatic carbocycles. The molecule has 0 rings (SSSR count). The quantitative estimate of drug-likeness (QED) is 0.494. The zero-order valence-electron chi connectivity index (χ0n) is 11.6. The van der Waals surface area contributed by atoms with Crippen LogP contribution in [0, 0.1) is 5.92 Å². The summed E-state index contributed by atoms with van der Waals surface area (Å²) < 4.78 is 1.59. The molecule has 0 amide bonds. The van der Waals surface area contributed by atoms with Gasteiger partial charge >= 0.3 is 0 Å². The number of ketones is 1. The molecule has 0 aromatic heterocycles. The minimum absolute atomic E-state index is 0.308. The van der Waals surface area contributed by atoms with Crippen LogP contribution in [0.5, 0.6) is 0 Å². The number of carbonyl (C=O) groups excluding carboxylic acids is 1. The predicted molar refractivity (Wildman–Crippen MR) is 78.6 cm³/mol. The van der Waals surface area contributed by atoms with E-state index in [1.54, 1.807) is 11.5 Å². The van der Waals surface area contributed by atoms with Crippen LogP contribution >= 0.6 is 11.8 Å². The molecule has 0 heterocycles. The van der Waals surface area contributed by atoms with Gasteiger partial charge in [-0.05, 0) is 29.5 Å². The maximum Gasteiger partial charge on any atom is 0.129 e. The van der Waals surface area contributed by atoms with Gasteiger partial charge in [0.05, 0.1) is 8.07 Å². The van der Waals surface area contributed by atoms with E-state index in [2.05, 4.69) is 39.6 Å². The van der Waals surface area contributed by atoms with Gasteiger partial charge in [-0.25, -0.2) is 0 Å². The molecule has 0 bridgehead atoms. The Balaban J connectivity index is 4.20. The fourth-order valence-electron chi connectivity index (χ4n) is 1.32. The van der Waals surface area contributed by atoms with Gasteiger partial charge in [0, 0.05) is 6.42 Å². The summed E-state index contributed by atoms with van der Waals surface area (Å²) in [6.07, 6.45) is 4.15. The Morgan fingerprint density at radius 3 is 2.25 bits per heavy atom. The second-order valence-electron chi connectivity index (χ2n) is 5.68. The molecule has 0 atom stereocenters. The number of hydrogen-bond acceptors (Lipinski definition) is 2. The molecule has 0 fully saturated rings. The number of rotatable bonds is 7. The van der Waals surface area contributed by atoms with E-state index in [1.165, 1.54) is 0 Å². The normalized spacial score (nSPS) is 13.3. The van der Waals surface area contributed by atoms with Gasteiger partial charge in [-0.2, -0.15) is 0 Å². The third kappa shape index (κ3) is 8.17. The van der Waals surface area contributed by atoms with Crippen LogP contribution in [-0.2, 0) is 4.79 Å². The molecule has 0 aliphatic rings. The van der Waals surface area contributed by atoms with Crippen molar-refractivity contribution < 1.29 is 4.79 Å². The molecular weight excluding hydrogens is 232 g/mol. The fraction of sp³-hybridized carbons (Fsp3) is 0.769. The molecule has 0 saturated heterocycles. The molecule has 94 valence electrons. The molecule has 1 nitrogen and oxygen atoms in total. The molecule has 0 unspecified atom stereocenters. The SMILES string of the molecule is CC(=O)CCCS/C(=C\C(C)C)[Si](C)(C)C. The summed E-state index contributed by atoms with van der Waals surface area (Å²) in [5.74, 6) is 2.02. The van der Waals surface area contributed by atoms with Crippen molar-refractivity contribution in [3.8, 4) is 0 Å². The number of hydrogen-bond donors (Lipinski definition) is 0. The Hall–Kier alpha value is -0.0231. The molecule has 3 heteroatoms. The number of thioether (sulfide) groups is 1. The lowest BCUT2D eigenvalue weighted by molar-refractivity contribution is -0.117. The summed E-state index contributed by atoms with van der Waals surface area (Å²) >= 11 is 1.97. The first-order valence-corrected chi connectivity index (χ1v) is 10.6. The predicted octanol–water partition coefficient (Wildman–Crippen LogP) is 4.51.